The Hall–Kier alpha value is -2.76. The Labute approximate surface area is 165 Å². The molecular weight excluding hydrogens is 390 g/mol. The maximum Gasteiger partial charge on any atom is 0.271 e. The number of non-ortho nitro benzene ring substituents is 1. The number of thioether (sulfide) groups is 1. The molecule has 0 aromatic heterocycles. The van der Waals surface area contributed by atoms with Gasteiger partial charge in [-0.05, 0) is 18.2 Å². The Morgan fingerprint density at radius 1 is 1.41 bits per heavy atom. The van der Waals surface area contributed by atoms with Crippen LogP contribution in [0.25, 0.3) is 0 Å². The molecule has 0 saturated heterocycles. The number of nitrogens with zero attached hydrogens (tertiary/aromatic N) is 2. The summed E-state index contributed by atoms with van der Waals surface area (Å²) < 4.78 is 5.35. The van der Waals surface area contributed by atoms with E-state index in [2.05, 4.69) is 11.4 Å². The largest absolute Gasteiger partial charge is 0.482 e. The molecule has 2 aromatic rings. The van der Waals surface area contributed by atoms with Gasteiger partial charge in [0.05, 0.1) is 21.7 Å². The van der Waals surface area contributed by atoms with Gasteiger partial charge in [0.15, 0.2) is 6.61 Å². The number of nitrogens with one attached hydrogen (secondary N) is 1. The number of carbonyl (C=O) groups excluding carboxylic acids is 1. The molecule has 2 aromatic carbocycles. The third-order valence-electron chi connectivity index (χ3n) is 3.35. The van der Waals surface area contributed by atoms with Crippen molar-refractivity contribution in [3.8, 4) is 11.8 Å². The summed E-state index contributed by atoms with van der Waals surface area (Å²) >= 11 is 7.43. The lowest BCUT2D eigenvalue weighted by Gasteiger charge is -2.13. The third-order valence-corrected chi connectivity index (χ3v) is 4.83. The fourth-order valence-corrected chi connectivity index (χ4v) is 3.33. The van der Waals surface area contributed by atoms with Crippen LogP contribution >= 0.6 is 23.4 Å². The second-order valence-electron chi connectivity index (χ2n) is 5.50. The van der Waals surface area contributed by atoms with E-state index in [4.69, 9.17) is 21.6 Å². The van der Waals surface area contributed by atoms with Crippen LogP contribution in [0.5, 0.6) is 5.75 Å². The number of rotatable bonds is 8. The number of halogens is 1. The molecule has 0 bridgehead atoms. The molecule has 0 spiro atoms. The van der Waals surface area contributed by atoms with Crippen molar-refractivity contribution >= 4 is 40.6 Å². The molecule has 0 saturated carbocycles. The van der Waals surface area contributed by atoms with Crippen molar-refractivity contribution in [2.24, 2.45) is 0 Å². The predicted molar refractivity (Wildman–Crippen MR) is 104 cm³/mol. The summed E-state index contributed by atoms with van der Waals surface area (Å²) in [6.07, 6.45) is 0.398. The summed E-state index contributed by atoms with van der Waals surface area (Å²) in [5.41, 5.74) is 0.463. The van der Waals surface area contributed by atoms with E-state index in [1.165, 1.54) is 23.9 Å². The molecule has 1 unspecified atom stereocenters. The monoisotopic (exact) mass is 405 g/mol. The van der Waals surface area contributed by atoms with Gasteiger partial charge in [-0.25, -0.2) is 0 Å². The first-order valence-corrected chi connectivity index (χ1v) is 9.15. The van der Waals surface area contributed by atoms with Crippen molar-refractivity contribution in [3.05, 3.63) is 57.6 Å². The first-order chi connectivity index (χ1) is 12.9. The molecule has 1 atom stereocenters. The van der Waals surface area contributed by atoms with Crippen molar-refractivity contribution in [2.45, 2.75) is 23.5 Å². The van der Waals surface area contributed by atoms with Crippen molar-refractivity contribution in [1.82, 2.24) is 0 Å². The number of para-hydroxylation sites is 1. The van der Waals surface area contributed by atoms with Crippen LogP contribution in [0.15, 0.2) is 47.4 Å². The lowest BCUT2D eigenvalue weighted by molar-refractivity contribution is -0.384. The van der Waals surface area contributed by atoms with Crippen LogP contribution in [0.2, 0.25) is 5.02 Å². The van der Waals surface area contributed by atoms with E-state index in [1.54, 1.807) is 12.1 Å². The van der Waals surface area contributed by atoms with Crippen LogP contribution in [-0.2, 0) is 4.79 Å². The molecule has 0 aliphatic heterocycles. The number of carbonyl (C=O) groups is 1. The molecule has 0 fully saturated rings. The van der Waals surface area contributed by atoms with E-state index in [9.17, 15) is 14.9 Å². The first kappa shape index (κ1) is 20.6. The molecule has 140 valence electrons. The first-order valence-electron chi connectivity index (χ1n) is 7.90. The number of nitro benzene ring substituents is 1. The summed E-state index contributed by atoms with van der Waals surface area (Å²) in [6.45, 7) is 1.64. The van der Waals surface area contributed by atoms with Crippen LogP contribution < -0.4 is 10.1 Å². The molecule has 2 rings (SSSR count). The average molecular weight is 406 g/mol. The normalized spacial score (nSPS) is 11.3. The number of anilines is 1. The molecular formula is C18H16ClN3O4S. The molecule has 27 heavy (non-hydrogen) atoms. The highest BCUT2D eigenvalue weighted by Gasteiger charge is 2.13. The fourth-order valence-electron chi connectivity index (χ4n) is 2.11. The van der Waals surface area contributed by atoms with Gasteiger partial charge in [-0.1, -0.05) is 30.7 Å². The minimum absolute atomic E-state index is 0.0540. The van der Waals surface area contributed by atoms with Crippen LogP contribution in [0.4, 0.5) is 11.4 Å². The maximum absolute atomic E-state index is 12.2. The molecule has 0 heterocycles. The Bertz CT molecular complexity index is 885. The zero-order valence-corrected chi connectivity index (χ0v) is 15.9. The lowest BCUT2D eigenvalue weighted by atomic mass is 10.3. The van der Waals surface area contributed by atoms with Gasteiger partial charge in [0.25, 0.3) is 11.6 Å². The highest BCUT2D eigenvalue weighted by Crippen LogP contribution is 2.32. The Balaban J connectivity index is 1.98. The van der Waals surface area contributed by atoms with Crippen molar-refractivity contribution < 1.29 is 14.5 Å². The van der Waals surface area contributed by atoms with Crippen molar-refractivity contribution in [1.29, 1.82) is 5.26 Å². The van der Waals surface area contributed by atoms with Gasteiger partial charge in [-0.15, -0.1) is 11.8 Å². The predicted octanol–water partition coefficient (Wildman–Crippen LogP) is 4.66. The number of ether oxygens (including phenoxy) is 1. The number of nitriles is 1. The van der Waals surface area contributed by atoms with Crippen LogP contribution in [-0.4, -0.2) is 22.7 Å². The average Bonchev–Trinajstić information content (AvgIpc) is 2.62. The van der Waals surface area contributed by atoms with E-state index in [1.807, 2.05) is 19.1 Å². The number of benzene rings is 2. The fraction of sp³-hybridized carbons (Fsp3) is 0.222. The van der Waals surface area contributed by atoms with E-state index < -0.39 is 10.8 Å². The second kappa shape index (κ2) is 9.80. The van der Waals surface area contributed by atoms with Gasteiger partial charge < -0.3 is 10.1 Å². The lowest BCUT2D eigenvalue weighted by Crippen LogP contribution is -2.20. The van der Waals surface area contributed by atoms with Crippen LogP contribution in [0, 0.1) is 21.4 Å². The molecule has 1 N–H and O–H groups in total. The van der Waals surface area contributed by atoms with Crippen LogP contribution in [0.1, 0.15) is 13.3 Å². The molecule has 7 nitrogen and oxygen atoms in total. The topological polar surface area (TPSA) is 105 Å². The zero-order chi connectivity index (χ0) is 19.8. The molecule has 9 heteroatoms. The Kier molecular flexibility index (Phi) is 7.46. The summed E-state index contributed by atoms with van der Waals surface area (Å²) in [6, 6.07) is 13.2. The van der Waals surface area contributed by atoms with Gasteiger partial charge >= 0.3 is 0 Å². The zero-order valence-electron chi connectivity index (χ0n) is 14.3. The van der Waals surface area contributed by atoms with Crippen LogP contribution in [0.3, 0.4) is 0 Å². The Morgan fingerprint density at radius 3 is 2.81 bits per heavy atom. The van der Waals surface area contributed by atoms with E-state index in [-0.39, 0.29) is 28.3 Å². The minimum atomic E-state index is -0.565. The number of amides is 1. The number of hydrogen-bond donors (Lipinski definition) is 1. The molecule has 1 amide bonds. The maximum atomic E-state index is 12.2. The number of nitro groups is 1. The van der Waals surface area contributed by atoms with Gasteiger partial charge in [0.2, 0.25) is 0 Å². The number of hydrogen-bond acceptors (Lipinski definition) is 6. The van der Waals surface area contributed by atoms with E-state index in [0.717, 1.165) is 11.0 Å². The highest BCUT2D eigenvalue weighted by atomic mass is 35.5. The van der Waals surface area contributed by atoms with Gasteiger partial charge in [-0.2, -0.15) is 5.26 Å². The quantitative estimate of drug-likeness (QED) is 0.389. The highest BCUT2D eigenvalue weighted by molar-refractivity contribution is 8.00. The minimum Gasteiger partial charge on any atom is -0.482 e. The molecule has 0 radical (unpaired) electrons. The summed E-state index contributed by atoms with van der Waals surface area (Å²) in [4.78, 5) is 23.2. The van der Waals surface area contributed by atoms with E-state index in [0.29, 0.717) is 12.1 Å². The standard InChI is InChI=1S/C18H16ClN3O4S/c1-12(8-9-20)27-17-5-3-2-4-15(17)21-18(23)11-26-16-7-6-13(22(24)25)10-14(16)19/h2-7,10,12H,8,11H2,1H3,(H,21,23). The molecule has 0 aliphatic rings. The summed E-state index contributed by atoms with van der Waals surface area (Å²) in [5, 5.41) is 22.4. The summed E-state index contributed by atoms with van der Waals surface area (Å²) in [5.74, 6) is -0.215. The Morgan fingerprint density at radius 2 is 2.15 bits per heavy atom. The van der Waals surface area contributed by atoms with Crippen molar-refractivity contribution in [3.63, 3.8) is 0 Å². The van der Waals surface area contributed by atoms with Crippen molar-refractivity contribution in [2.75, 3.05) is 11.9 Å². The van der Waals surface area contributed by atoms with Gasteiger partial charge in [-0.3, -0.25) is 14.9 Å². The second-order valence-corrected chi connectivity index (χ2v) is 7.38. The van der Waals surface area contributed by atoms with Gasteiger partial charge in [0.1, 0.15) is 5.75 Å². The van der Waals surface area contributed by atoms with E-state index >= 15 is 0 Å². The van der Waals surface area contributed by atoms with Gasteiger partial charge in [0, 0.05) is 28.7 Å². The molecule has 0 aliphatic carbocycles. The summed E-state index contributed by atoms with van der Waals surface area (Å²) in [7, 11) is 0. The third kappa shape index (κ3) is 6.16. The smallest absolute Gasteiger partial charge is 0.271 e. The SMILES string of the molecule is CC(CC#N)Sc1ccccc1NC(=O)COc1ccc([N+](=O)[O-])cc1Cl.